The molecule has 0 radical (unpaired) electrons. The first-order valence-corrected chi connectivity index (χ1v) is 8.14. The first-order valence-electron chi connectivity index (χ1n) is 7.35. The third-order valence-corrected chi connectivity index (χ3v) is 3.98. The molecule has 0 unspecified atom stereocenters. The van der Waals surface area contributed by atoms with E-state index >= 15 is 0 Å². The van der Waals surface area contributed by atoms with E-state index in [1.807, 2.05) is 36.4 Å². The molecule has 0 spiro atoms. The van der Waals surface area contributed by atoms with E-state index in [-0.39, 0.29) is 12.0 Å². The van der Waals surface area contributed by atoms with E-state index in [9.17, 15) is 4.79 Å². The molecule has 0 aliphatic heterocycles. The lowest BCUT2D eigenvalue weighted by atomic mass is 10.1. The summed E-state index contributed by atoms with van der Waals surface area (Å²) in [5, 5.41) is 3.48. The van der Waals surface area contributed by atoms with Gasteiger partial charge in [-0.25, -0.2) is 4.79 Å². The summed E-state index contributed by atoms with van der Waals surface area (Å²) in [6.07, 6.45) is 0. The zero-order chi connectivity index (χ0) is 15.9. The Kier molecular flexibility index (Phi) is 6.16. The van der Waals surface area contributed by atoms with Gasteiger partial charge in [0.2, 0.25) is 0 Å². The van der Waals surface area contributed by atoms with Crippen molar-refractivity contribution in [3.05, 3.63) is 69.7 Å². The van der Waals surface area contributed by atoms with Crippen LogP contribution in [0.3, 0.4) is 0 Å². The van der Waals surface area contributed by atoms with Crippen LogP contribution in [-0.4, -0.2) is 12.6 Å². The van der Waals surface area contributed by atoms with Crippen LogP contribution in [0.25, 0.3) is 0 Å². The van der Waals surface area contributed by atoms with Gasteiger partial charge in [-0.2, -0.15) is 0 Å². The predicted octanol–water partition coefficient (Wildman–Crippen LogP) is 4.48. The van der Waals surface area contributed by atoms with Crippen molar-refractivity contribution in [2.24, 2.45) is 0 Å². The van der Waals surface area contributed by atoms with Crippen molar-refractivity contribution in [2.75, 3.05) is 6.61 Å². The van der Waals surface area contributed by atoms with Gasteiger partial charge in [-0.3, -0.25) is 0 Å². The number of halogens is 1. The summed E-state index contributed by atoms with van der Waals surface area (Å²) in [6, 6.07) is 16.0. The number of carbonyl (C=O) groups excluding carboxylic acids is 1. The minimum absolute atomic E-state index is 0.208. The van der Waals surface area contributed by atoms with Gasteiger partial charge in [0.05, 0.1) is 12.2 Å². The second-order valence-electron chi connectivity index (χ2n) is 5.07. The summed E-state index contributed by atoms with van der Waals surface area (Å²) in [5.74, 6) is -0.274. The van der Waals surface area contributed by atoms with Crippen LogP contribution < -0.4 is 5.32 Å². The number of benzene rings is 2. The molecule has 0 aliphatic rings. The Morgan fingerprint density at radius 2 is 1.77 bits per heavy atom. The number of esters is 1. The molecule has 4 heteroatoms. The van der Waals surface area contributed by atoms with Crippen molar-refractivity contribution >= 4 is 21.9 Å². The van der Waals surface area contributed by atoms with E-state index in [0.29, 0.717) is 12.2 Å². The highest BCUT2D eigenvalue weighted by Gasteiger charge is 2.09. The highest BCUT2D eigenvalue weighted by Crippen LogP contribution is 2.16. The zero-order valence-corrected chi connectivity index (χ0v) is 14.4. The van der Waals surface area contributed by atoms with Gasteiger partial charge in [0.25, 0.3) is 0 Å². The summed E-state index contributed by atoms with van der Waals surface area (Å²) in [4.78, 5) is 11.6. The smallest absolute Gasteiger partial charge is 0.338 e. The van der Waals surface area contributed by atoms with Crippen LogP contribution >= 0.6 is 15.9 Å². The van der Waals surface area contributed by atoms with Crippen molar-refractivity contribution < 1.29 is 9.53 Å². The highest BCUT2D eigenvalue weighted by atomic mass is 79.9. The average Bonchev–Trinajstić information content (AvgIpc) is 2.54. The maximum Gasteiger partial charge on any atom is 0.338 e. The first-order chi connectivity index (χ1) is 10.6. The molecule has 0 saturated heterocycles. The summed E-state index contributed by atoms with van der Waals surface area (Å²) in [7, 11) is 0. The fourth-order valence-electron chi connectivity index (χ4n) is 2.11. The fraction of sp³-hybridized carbons (Fsp3) is 0.278. The summed E-state index contributed by atoms with van der Waals surface area (Å²) < 4.78 is 6.07. The van der Waals surface area contributed by atoms with E-state index in [2.05, 4.69) is 40.3 Å². The van der Waals surface area contributed by atoms with Crippen molar-refractivity contribution in [3.63, 3.8) is 0 Å². The Labute approximate surface area is 139 Å². The first kappa shape index (κ1) is 16.7. The molecule has 3 nitrogen and oxygen atoms in total. The lowest BCUT2D eigenvalue weighted by Gasteiger charge is -2.15. The zero-order valence-electron chi connectivity index (χ0n) is 12.8. The van der Waals surface area contributed by atoms with Crippen LogP contribution in [-0.2, 0) is 11.3 Å². The second-order valence-corrected chi connectivity index (χ2v) is 5.99. The lowest BCUT2D eigenvalue weighted by Crippen LogP contribution is -2.18. The number of hydrogen-bond donors (Lipinski definition) is 1. The molecule has 0 amide bonds. The molecule has 0 aliphatic carbocycles. The largest absolute Gasteiger partial charge is 0.462 e. The number of nitrogens with one attached hydrogen (secondary N) is 1. The molecule has 2 rings (SSSR count). The van der Waals surface area contributed by atoms with Gasteiger partial charge in [-0.15, -0.1) is 0 Å². The SMILES string of the molecule is CCOC(=O)c1ccc([C@H](C)NCc2ccc(Br)cc2)cc1. The molecule has 116 valence electrons. The van der Waals surface area contributed by atoms with Crippen LogP contribution in [0.15, 0.2) is 53.0 Å². The van der Waals surface area contributed by atoms with Gasteiger partial charge >= 0.3 is 5.97 Å². The minimum Gasteiger partial charge on any atom is -0.462 e. The van der Waals surface area contributed by atoms with Gasteiger partial charge in [0.1, 0.15) is 0 Å². The van der Waals surface area contributed by atoms with Crippen LogP contribution in [0.5, 0.6) is 0 Å². The number of rotatable bonds is 6. The molecule has 1 N–H and O–H groups in total. The van der Waals surface area contributed by atoms with Crippen molar-refractivity contribution in [3.8, 4) is 0 Å². The molecule has 2 aromatic rings. The van der Waals surface area contributed by atoms with E-state index < -0.39 is 0 Å². The number of ether oxygens (including phenoxy) is 1. The molecule has 0 aromatic heterocycles. The molecule has 22 heavy (non-hydrogen) atoms. The monoisotopic (exact) mass is 361 g/mol. The quantitative estimate of drug-likeness (QED) is 0.771. The molecule has 0 bridgehead atoms. The molecule has 0 heterocycles. The Bertz CT molecular complexity index is 608. The van der Waals surface area contributed by atoms with Crippen LogP contribution in [0.1, 0.15) is 41.4 Å². The minimum atomic E-state index is -0.274. The van der Waals surface area contributed by atoms with Crippen LogP contribution in [0.2, 0.25) is 0 Å². The van der Waals surface area contributed by atoms with E-state index in [1.165, 1.54) is 5.56 Å². The van der Waals surface area contributed by atoms with Gasteiger partial charge in [0, 0.05) is 17.1 Å². The molecule has 0 saturated carbocycles. The predicted molar refractivity (Wildman–Crippen MR) is 91.8 cm³/mol. The normalized spacial score (nSPS) is 12.0. The Hall–Kier alpha value is -1.65. The molecule has 2 aromatic carbocycles. The number of carbonyl (C=O) groups is 1. The molecular weight excluding hydrogens is 342 g/mol. The lowest BCUT2D eigenvalue weighted by molar-refractivity contribution is 0.0526. The summed E-state index contributed by atoms with van der Waals surface area (Å²) in [6.45, 7) is 5.11. The Balaban J connectivity index is 1.93. The van der Waals surface area contributed by atoms with Gasteiger partial charge < -0.3 is 10.1 Å². The fourth-order valence-corrected chi connectivity index (χ4v) is 2.38. The average molecular weight is 362 g/mol. The van der Waals surface area contributed by atoms with Gasteiger partial charge in [-0.05, 0) is 49.2 Å². The third kappa shape index (κ3) is 4.68. The maximum absolute atomic E-state index is 11.6. The highest BCUT2D eigenvalue weighted by molar-refractivity contribution is 9.10. The van der Waals surface area contributed by atoms with E-state index in [0.717, 1.165) is 16.6 Å². The summed E-state index contributed by atoms with van der Waals surface area (Å²) in [5.41, 5.74) is 2.97. The van der Waals surface area contributed by atoms with Crippen molar-refractivity contribution in [2.45, 2.75) is 26.4 Å². The topological polar surface area (TPSA) is 38.3 Å². The van der Waals surface area contributed by atoms with Crippen molar-refractivity contribution in [1.82, 2.24) is 5.32 Å². The van der Waals surface area contributed by atoms with E-state index in [4.69, 9.17) is 4.74 Å². The third-order valence-electron chi connectivity index (χ3n) is 3.45. The van der Waals surface area contributed by atoms with Crippen molar-refractivity contribution in [1.29, 1.82) is 0 Å². The summed E-state index contributed by atoms with van der Waals surface area (Å²) >= 11 is 3.43. The van der Waals surface area contributed by atoms with Gasteiger partial charge in [0.15, 0.2) is 0 Å². The molecule has 0 fully saturated rings. The van der Waals surface area contributed by atoms with E-state index in [1.54, 1.807) is 6.92 Å². The second kappa shape index (κ2) is 8.11. The van der Waals surface area contributed by atoms with Gasteiger partial charge in [-0.1, -0.05) is 40.2 Å². The van der Waals surface area contributed by atoms with Crippen LogP contribution in [0.4, 0.5) is 0 Å². The Morgan fingerprint density at radius 1 is 1.14 bits per heavy atom. The standard InChI is InChI=1S/C18H20BrNO2/c1-3-22-18(21)16-8-6-15(7-9-16)13(2)20-12-14-4-10-17(19)11-5-14/h4-11,13,20H,3,12H2,1-2H3/t13-/m0/s1. The number of hydrogen-bond acceptors (Lipinski definition) is 3. The molecule has 1 atom stereocenters. The maximum atomic E-state index is 11.6. The Morgan fingerprint density at radius 3 is 2.36 bits per heavy atom. The van der Waals surface area contributed by atoms with Crippen LogP contribution in [0, 0.1) is 0 Å². The molecular formula is C18H20BrNO2.